The van der Waals surface area contributed by atoms with Gasteiger partial charge < -0.3 is 19.7 Å². The van der Waals surface area contributed by atoms with Crippen molar-refractivity contribution in [2.45, 2.75) is 45.3 Å². The number of ether oxygens (including phenoxy) is 2. The van der Waals surface area contributed by atoms with Crippen molar-refractivity contribution in [3.63, 3.8) is 0 Å². The molecule has 188 valence electrons. The Morgan fingerprint density at radius 1 is 1.17 bits per heavy atom. The molecule has 35 heavy (non-hydrogen) atoms. The summed E-state index contributed by atoms with van der Waals surface area (Å²) in [7, 11) is 0. The van der Waals surface area contributed by atoms with Gasteiger partial charge in [0, 0.05) is 18.2 Å². The highest BCUT2D eigenvalue weighted by Gasteiger charge is 2.35. The number of Topliss-reactive ketones (excluding diaryl/α,β-unsaturated/α-hetero) is 1. The molecule has 12 heteroatoms. The van der Waals surface area contributed by atoms with Gasteiger partial charge in [0.25, 0.3) is 5.91 Å². The summed E-state index contributed by atoms with van der Waals surface area (Å²) in [5.41, 5.74) is -1.93. The zero-order valence-corrected chi connectivity index (χ0v) is 19.1. The van der Waals surface area contributed by atoms with Crippen molar-refractivity contribution < 1.29 is 41.4 Å². The quantitative estimate of drug-likeness (QED) is 0.620. The first-order valence-corrected chi connectivity index (χ1v) is 10.5. The zero-order valence-electron chi connectivity index (χ0n) is 19.1. The molecule has 1 unspecified atom stereocenters. The molecule has 2 heterocycles. The summed E-state index contributed by atoms with van der Waals surface area (Å²) in [5.74, 6) is -1.75. The molecule has 1 N–H and O–H groups in total. The van der Waals surface area contributed by atoms with Crippen molar-refractivity contribution in [3.05, 3.63) is 53.2 Å². The van der Waals surface area contributed by atoms with Crippen LogP contribution in [-0.4, -0.2) is 52.5 Å². The van der Waals surface area contributed by atoms with E-state index in [4.69, 9.17) is 9.47 Å². The van der Waals surface area contributed by atoms with Crippen molar-refractivity contribution in [1.29, 1.82) is 0 Å². The van der Waals surface area contributed by atoms with Crippen LogP contribution in [0.2, 0.25) is 0 Å². The molecule has 1 aromatic carbocycles. The van der Waals surface area contributed by atoms with Crippen molar-refractivity contribution in [1.82, 2.24) is 15.2 Å². The number of nitrogens with one attached hydrogen (secondary N) is 1. The second kappa shape index (κ2) is 9.88. The van der Waals surface area contributed by atoms with Gasteiger partial charge in [0.15, 0.2) is 12.0 Å². The van der Waals surface area contributed by atoms with E-state index in [9.17, 15) is 31.9 Å². The molecule has 8 nitrogen and oxygen atoms in total. The number of ketones is 1. The minimum atomic E-state index is -4.79. The highest BCUT2D eigenvalue weighted by atomic mass is 19.4. The second-order valence-corrected chi connectivity index (χ2v) is 8.80. The highest BCUT2D eigenvalue weighted by Crippen LogP contribution is 2.31. The Kier molecular flexibility index (Phi) is 7.32. The largest absolute Gasteiger partial charge is 0.444 e. The van der Waals surface area contributed by atoms with Gasteiger partial charge >= 0.3 is 12.3 Å². The van der Waals surface area contributed by atoms with E-state index in [0.29, 0.717) is 0 Å². The maximum atomic E-state index is 13.5. The molecule has 1 fully saturated rings. The van der Waals surface area contributed by atoms with Gasteiger partial charge in [-0.15, -0.1) is 0 Å². The van der Waals surface area contributed by atoms with E-state index < -0.39 is 47.3 Å². The number of rotatable bonds is 5. The van der Waals surface area contributed by atoms with Crippen molar-refractivity contribution in [3.8, 4) is 11.6 Å². The number of carbonyl (C=O) groups is 3. The summed E-state index contributed by atoms with van der Waals surface area (Å²) in [6, 6.07) is 7.44. The Morgan fingerprint density at radius 2 is 1.89 bits per heavy atom. The number of hydrogen-bond acceptors (Lipinski definition) is 6. The Hall–Kier alpha value is -3.70. The lowest BCUT2D eigenvalue weighted by Crippen LogP contribution is -2.32. The Bertz CT molecular complexity index is 1130. The van der Waals surface area contributed by atoms with E-state index in [1.165, 1.54) is 30.3 Å². The smallest absolute Gasteiger partial charge is 0.433 e. The molecule has 2 amide bonds. The van der Waals surface area contributed by atoms with E-state index in [1.54, 1.807) is 20.8 Å². The molecule has 0 radical (unpaired) electrons. The van der Waals surface area contributed by atoms with Crippen LogP contribution in [0.25, 0.3) is 0 Å². The predicted octanol–water partition coefficient (Wildman–Crippen LogP) is 4.28. The molecule has 0 aliphatic carbocycles. The van der Waals surface area contributed by atoms with Gasteiger partial charge in [0.1, 0.15) is 17.0 Å². The van der Waals surface area contributed by atoms with Crippen LogP contribution in [0.1, 0.15) is 42.4 Å². The molecular formula is C23H23F4N3O5. The van der Waals surface area contributed by atoms with Gasteiger partial charge in [-0.05, 0) is 50.6 Å². The third kappa shape index (κ3) is 7.14. The molecule has 1 aromatic heterocycles. The van der Waals surface area contributed by atoms with Crippen LogP contribution in [-0.2, 0) is 22.3 Å². The van der Waals surface area contributed by atoms with Crippen molar-refractivity contribution in [2.75, 3.05) is 13.1 Å². The van der Waals surface area contributed by atoms with Crippen molar-refractivity contribution >= 4 is 17.8 Å². The van der Waals surface area contributed by atoms with Crippen LogP contribution in [0, 0.1) is 0 Å². The van der Waals surface area contributed by atoms with Gasteiger partial charge in [-0.25, -0.2) is 14.2 Å². The molecule has 0 spiro atoms. The normalized spacial score (nSPS) is 16.3. The van der Waals surface area contributed by atoms with E-state index >= 15 is 0 Å². The average Bonchev–Trinajstić information content (AvgIpc) is 3.08. The molecule has 1 aliphatic rings. The van der Waals surface area contributed by atoms with Gasteiger partial charge in [0.05, 0.1) is 13.1 Å². The molecule has 2 aromatic rings. The number of amides is 2. The first-order chi connectivity index (χ1) is 16.2. The highest BCUT2D eigenvalue weighted by molar-refractivity contribution is 6.00. The number of nitrogens with zero attached hydrogens (tertiary/aromatic N) is 2. The molecule has 1 aliphatic heterocycles. The Morgan fingerprint density at radius 3 is 2.49 bits per heavy atom. The summed E-state index contributed by atoms with van der Waals surface area (Å²) >= 11 is 0. The molecule has 0 bridgehead atoms. The number of carbonyl (C=O) groups excluding carboxylic acids is 3. The predicted molar refractivity (Wildman–Crippen MR) is 115 cm³/mol. The number of benzene rings is 1. The Balaban J connectivity index is 1.79. The summed E-state index contributed by atoms with van der Waals surface area (Å²) < 4.78 is 64.1. The fourth-order valence-corrected chi connectivity index (χ4v) is 3.14. The van der Waals surface area contributed by atoms with Gasteiger partial charge in [-0.3, -0.25) is 9.59 Å². The monoisotopic (exact) mass is 497 g/mol. The molecule has 0 saturated carbocycles. The fraction of sp³-hybridized carbons (Fsp3) is 0.391. The van der Waals surface area contributed by atoms with E-state index in [1.807, 2.05) is 0 Å². The number of hydrogen-bond donors (Lipinski definition) is 1. The zero-order chi connectivity index (χ0) is 26.0. The maximum absolute atomic E-state index is 13.5. The standard InChI is InChI=1S/C23H23F4N3O5/c1-22(2,3)35-21(33)28-10-13-7-18(23(25,26)27)29-19(8-13)34-15-6-4-5-14(9-15)20(32)30-11-16(24)17(31)12-30/h4-9,16H,10-12H2,1-3H3,(H,28,33). The van der Waals surface area contributed by atoms with Crippen LogP contribution in [0.3, 0.4) is 0 Å². The lowest BCUT2D eigenvalue weighted by molar-refractivity contribution is -0.141. The SMILES string of the molecule is CC(C)(C)OC(=O)NCc1cc(Oc2cccc(C(=O)N3CC(=O)C(F)C3)c2)nc(C(F)(F)F)c1. The fourth-order valence-electron chi connectivity index (χ4n) is 3.14. The minimum absolute atomic E-state index is 0.00366. The summed E-state index contributed by atoms with van der Waals surface area (Å²) in [6.07, 6.45) is -7.35. The van der Waals surface area contributed by atoms with Crippen LogP contribution in [0.15, 0.2) is 36.4 Å². The number of alkyl halides is 4. The minimum Gasteiger partial charge on any atom is -0.444 e. The summed E-state index contributed by atoms with van der Waals surface area (Å²) in [6.45, 7) is 3.90. The van der Waals surface area contributed by atoms with Crippen LogP contribution in [0.4, 0.5) is 22.4 Å². The van der Waals surface area contributed by atoms with E-state index in [-0.39, 0.29) is 36.5 Å². The molecule has 3 rings (SSSR count). The van der Waals surface area contributed by atoms with Crippen molar-refractivity contribution in [2.24, 2.45) is 0 Å². The first kappa shape index (κ1) is 25.9. The second-order valence-electron chi connectivity index (χ2n) is 8.80. The third-order valence-electron chi connectivity index (χ3n) is 4.66. The first-order valence-electron chi connectivity index (χ1n) is 10.5. The topological polar surface area (TPSA) is 97.8 Å². The Labute approximate surface area is 198 Å². The summed E-state index contributed by atoms with van der Waals surface area (Å²) in [4.78, 5) is 40.3. The molecule has 1 atom stereocenters. The van der Waals surface area contributed by atoms with E-state index in [0.717, 1.165) is 11.0 Å². The third-order valence-corrected chi connectivity index (χ3v) is 4.66. The van der Waals surface area contributed by atoms with Gasteiger partial charge in [0.2, 0.25) is 5.88 Å². The van der Waals surface area contributed by atoms with Crippen LogP contribution >= 0.6 is 0 Å². The number of halogens is 4. The van der Waals surface area contributed by atoms with Gasteiger partial charge in [-0.2, -0.15) is 13.2 Å². The van der Waals surface area contributed by atoms with Crippen LogP contribution in [0.5, 0.6) is 11.6 Å². The lowest BCUT2D eigenvalue weighted by atomic mass is 10.2. The van der Waals surface area contributed by atoms with Crippen LogP contribution < -0.4 is 10.1 Å². The molecule has 1 saturated heterocycles. The summed E-state index contributed by atoms with van der Waals surface area (Å²) in [5, 5.41) is 2.37. The van der Waals surface area contributed by atoms with E-state index in [2.05, 4.69) is 10.3 Å². The number of alkyl carbamates (subject to hydrolysis) is 1. The number of aromatic nitrogens is 1. The van der Waals surface area contributed by atoms with Gasteiger partial charge in [-0.1, -0.05) is 6.07 Å². The maximum Gasteiger partial charge on any atom is 0.433 e. The number of pyridine rings is 1. The molecular weight excluding hydrogens is 474 g/mol. The average molecular weight is 497 g/mol. The number of likely N-dealkylation sites (tertiary alicyclic amines) is 1. The lowest BCUT2D eigenvalue weighted by Gasteiger charge is -2.20.